The number of rotatable bonds is 9. The van der Waals surface area contributed by atoms with Crippen LogP contribution in [0.3, 0.4) is 0 Å². The molecule has 3 rings (SSSR count). The summed E-state index contributed by atoms with van der Waals surface area (Å²) in [5, 5.41) is 6.43. The summed E-state index contributed by atoms with van der Waals surface area (Å²) in [5.74, 6) is -0.575. The van der Waals surface area contributed by atoms with Gasteiger partial charge in [0.25, 0.3) is 5.91 Å². The predicted octanol–water partition coefficient (Wildman–Crippen LogP) is 1.96. The molecule has 29 heavy (non-hydrogen) atoms. The van der Waals surface area contributed by atoms with Gasteiger partial charge in [0.05, 0.1) is 12.4 Å². The third-order valence-corrected chi connectivity index (χ3v) is 4.59. The van der Waals surface area contributed by atoms with Gasteiger partial charge in [0.15, 0.2) is 0 Å². The predicted molar refractivity (Wildman–Crippen MR) is 109 cm³/mol. The molecule has 0 radical (unpaired) electrons. The van der Waals surface area contributed by atoms with E-state index >= 15 is 0 Å². The molecule has 4 N–H and O–H groups in total. The Kier molecular flexibility index (Phi) is 6.43. The maximum Gasteiger partial charge on any atom is 0.268 e. The van der Waals surface area contributed by atoms with Crippen LogP contribution < -0.4 is 10.6 Å². The molecule has 152 valence electrons. The highest BCUT2D eigenvalue weighted by Gasteiger charge is 2.25. The van der Waals surface area contributed by atoms with Gasteiger partial charge >= 0.3 is 0 Å². The summed E-state index contributed by atoms with van der Waals surface area (Å²) in [7, 11) is 0. The number of H-pyrrole nitrogens is 2. The summed E-state index contributed by atoms with van der Waals surface area (Å²) < 4.78 is 0. The molecule has 8 nitrogen and oxygen atoms in total. The quantitative estimate of drug-likeness (QED) is 0.414. The Hall–Kier alpha value is -3.42. The molecule has 0 fully saturated rings. The van der Waals surface area contributed by atoms with Crippen molar-refractivity contribution in [2.75, 3.05) is 0 Å². The minimum atomic E-state index is -0.752. The molecule has 1 aromatic carbocycles. The lowest BCUT2D eigenvalue weighted by atomic mass is 10.0. The molecule has 0 unspecified atom stereocenters. The molecule has 0 bridgehead atoms. The first-order valence-electron chi connectivity index (χ1n) is 9.57. The number of carbonyl (C=O) groups excluding carboxylic acids is 3. The normalized spacial score (nSPS) is 13.2. The molecule has 2 amide bonds. The Morgan fingerprint density at radius 3 is 2.66 bits per heavy atom. The maximum absolute atomic E-state index is 12.8. The first kappa shape index (κ1) is 20.3. The van der Waals surface area contributed by atoms with Crippen LogP contribution in [0.5, 0.6) is 0 Å². The number of aldehydes is 1. The summed E-state index contributed by atoms with van der Waals surface area (Å²) >= 11 is 0. The van der Waals surface area contributed by atoms with Crippen molar-refractivity contribution in [1.82, 2.24) is 25.6 Å². The highest BCUT2D eigenvalue weighted by molar-refractivity contribution is 6.00. The molecule has 0 aliphatic rings. The van der Waals surface area contributed by atoms with Gasteiger partial charge in [0, 0.05) is 29.2 Å². The Labute approximate surface area is 168 Å². The van der Waals surface area contributed by atoms with Crippen LogP contribution in [0.25, 0.3) is 10.9 Å². The van der Waals surface area contributed by atoms with E-state index in [2.05, 4.69) is 25.6 Å². The van der Waals surface area contributed by atoms with Gasteiger partial charge in [0.1, 0.15) is 18.0 Å². The van der Waals surface area contributed by atoms with Crippen molar-refractivity contribution in [2.24, 2.45) is 5.92 Å². The molecule has 0 saturated heterocycles. The fraction of sp³-hybridized carbons (Fsp3) is 0.333. The van der Waals surface area contributed by atoms with E-state index in [0.29, 0.717) is 24.8 Å². The minimum Gasteiger partial charge on any atom is -0.351 e. The smallest absolute Gasteiger partial charge is 0.268 e. The van der Waals surface area contributed by atoms with Crippen molar-refractivity contribution in [3.8, 4) is 0 Å². The average molecular weight is 395 g/mol. The number of aromatic nitrogens is 3. The topological polar surface area (TPSA) is 120 Å². The lowest BCUT2D eigenvalue weighted by Gasteiger charge is -2.22. The molecule has 8 heteroatoms. The van der Waals surface area contributed by atoms with Crippen LogP contribution in [0, 0.1) is 5.92 Å². The summed E-state index contributed by atoms with van der Waals surface area (Å²) in [5.41, 5.74) is 1.98. The SMILES string of the molecule is CC(C)C[C@H](NC(=O)c1cc2ccccc2[nH]1)C(=O)N[C@H](C=O)Cc1cnc[nH]1. The Balaban J connectivity index is 1.69. The Morgan fingerprint density at radius 2 is 2.00 bits per heavy atom. The van der Waals surface area contributed by atoms with Crippen LogP contribution in [-0.2, 0) is 16.0 Å². The zero-order valence-electron chi connectivity index (χ0n) is 16.4. The Morgan fingerprint density at radius 1 is 1.21 bits per heavy atom. The van der Waals surface area contributed by atoms with E-state index in [4.69, 9.17) is 0 Å². The van der Waals surface area contributed by atoms with Gasteiger partial charge < -0.3 is 25.4 Å². The number of hydrogen-bond donors (Lipinski definition) is 4. The number of nitrogens with zero attached hydrogens (tertiary/aromatic N) is 1. The monoisotopic (exact) mass is 395 g/mol. The first-order valence-corrected chi connectivity index (χ1v) is 9.57. The van der Waals surface area contributed by atoms with Gasteiger partial charge in [-0.3, -0.25) is 9.59 Å². The number of imidazole rings is 1. The van der Waals surface area contributed by atoms with E-state index in [1.807, 2.05) is 38.1 Å². The third-order valence-electron chi connectivity index (χ3n) is 4.59. The number of carbonyl (C=O) groups is 3. The Bertz CT molecular complexity index is 944. The van der Waals surface area contributed by atoms with Crippen LogP contribution in [-0.4, -0.2) is 45.1 Å². The maximum atomic E-state index is 12.8. The standard InChI is InChI=1S/C21H25N5O3/c1-13(2)7-18(20(28)24-16(11-27)9-15-10-22-12-23-15)26-21(29)19-8-14-5-3-4-6-17(14)25-19/h3-6,8,10-13,16,18,25H,7,9H2,1-2H3,(H,22,23)(H,24,28)(H,26,29)/t16-,18-/m0/s1. The second kappa shape index (κ2) is 9.18. The fourth-order valence-corrected chi connectivity index (χ4v) is 3.18. The van der Waals surface area contributed by atoms with Gasteiger partial charge in [-0.1, -0.05) is 32.0 Å². The summed E-state index contributed by atoms with van der Waals surface area (Å²) in [6.45, 7) is 3.94. The largest absolute Gasteiger partial charge is 0.351 e. The number of amides is 2. The molecule has 2 atom stereocenters. The van der Waals surface area contributed by atoms with Crippen LogP contribution in [0.1, 0.15) is 36.5 Å². The van der Waals surface area contributed by atoms with Crippen molar-refractivity contribution in [3.05, 3.63) is 54.2 Å². The molecule has 0 saturated carbocycles. The number of para-hydroxylation sites is 1. The second-order valence-electron chi connectivity index (χ2n) is 7.46. The highest BCUT2D eigenvalue weighted by atomic mass is 16.2. The van der Waals surface area contributed by atoms with Gasteiger partial charge in [-0.15, -0.1) is 0 Å². The van der Waals surface area contributed by atoms with E-state index in [-0.39, 0.29) is 17.7 Å². The van der Waals surface area contributed by atoms with Crippen molar-refractivity contribution >= 4 is 29.0 Å². The van der Waals surface area contributed by atoms with Crippen molar-refractivity contribution in [3.63, 3.8) is 0 Å². The number of nitrogens with one attached hydrogen (secondary N) is 4. The van der Waals surface area contributed by atoms with Gasteiger partial charge in [-0.25, -0.2) is 4.98 Å². The van der Waals surface area contributed by atoms with Crippen molar-refractivity contribution in [1.29, 1.82) is 0 Å². The van der Waals surface area contributed by atoms with E-state index in [9.17, 15) is 14.4 Å². The summed E-state index contributed by atoms with van der Waals surface area (Å²) in [6, 6.07) is 7.86. The number of aromatic amines is 2. The van der Waals surface area contributed by atoms with Gasteiger partial charge in [-0.2, -0.15) is 0 Å². The lowest BCUT2D eigenvalue weighted by molar-refractivity contribution is -0.126. The third kappa shape index (κ3) is 5.31. The number of hydrogen-bond acceptors (Lipinski definition) is 4. The average Bonchev–Trinajstić information content (AvgIpc) is 3.35. The van der Waals surface area contributed by atoms with E-state index in [1.165, 1.54) is 6.33 Å². The number of fused-ring (bicyclic) bond motifs is 1. The fourth-order valence-electron chi connectivity index (χ4n) is 3.18. The zero-order chi connectivity index (χ0) is 20.8. The molecule has 2 aromatic heterocycles. The molecule has 0 aliphatic carbocycles. The van der Waals surface area contributed by atoms with E-state index in [1.54, 1.807) is 12.3 Å². The van der Waals surface area contributed by atoms with Gasteiger partial charge in [0.2, 0.25) is 5.91 Å². The zero-order valence-corrected chi connectivity index (χ0v) is 16.4. The summed E-state index contributed by atoms with van der Waals surface area (Å²) in [6.07, 6.45) is 4.56. The van der Waals surface area contributed by atoms with Crippen LogP contribution in [0.4, 0.5) is 0 Å². The molecule has 3 aromatic rings. The molecule has 0 aliphatic heterocycles. The van der Waals surface area contributed by atoms with Crippen LogP contribution in [0.2, 0.25) is 0 Å². The second-order valence-corrected chi connectivity index (χ2v) is 7.46. The van der Waals surface area contributed by atoms with E-state index < -0.39 is 12.1 Å². The van der Waals surface area contributed by atoms with Crippen molar-refractivity contribution in [2.45, 2.75) is 38.8 Å². The molecule has 0 spiro atoms. The van der Waals surface area contributed by atoms with Crippen molar-refractivity contribution < 1.29 is 14.4 Å². The van der Waals surface area contributed by atoms with E-state index in [0.717, 1.165) is 16.6 Å². The van der Waals surface area contributed by atoms with Crippen LogP contribution >= 0.6 is 0 Å². The molecular weight excluding hydrogens is 370 g/mol. The van der Waals surface area contributed by atoms with Crippen LogP contribution in [0.15, 0.2) is 42.9 Å². The van der Waals surface area contributed by atoms with Gasteiger partial charge in [-0.05, 0) is 24.5 Å². The lowest BCUT2D eigenvalue weighted by Crippen LogP contribution is -2.51. The number of benzene rings is 1. The summed E-state index contributed by atoms with van der Waals surface area (Å²) in [4.78, 5) is 46.8. The highest BCUT2D eigenvalue weighted by Crippen LogP contribution is 2.15. The molecule has 2 heterocycles. The minimum absolute atomic E-state index is 0.177. The first-order chi connectivity index (χ1) is 14.0. The molecular formula is C21H25N5O3.